The van der Waals surface area contributed by atoms with E-state index in [1.807, 2.05) is 54.6 Å². The molecule has 196 valence electrons. The molecule has 3 aromatic rings. The van der Waals surface area contributed by atoms with Crippen molar-refractivity contribution in [1.82, 2.24) is 10.2 Å². The Balaban J connectivity index is 1.85. The number of nitrogens with one attached hydrogen (secondary N) is 1. The van der Waals surface area contributed by atoms with Crippen LogP contribution in [0.25, 0.3) is 0 Å². The fraction of sp³-hybridized carbons (Fsp3) is 0.375. The molecule has 0 spiro atoms. The molecule has 0 aliphatic heterocycles. The van der Waals surface area contributed by atoms with Crippen LogP contribution in [0.3, 0.4) is 0 Å². The van der Waals surface area contributed by atoms with Crippen LogP contribution in [0, 0.1) is 0 Å². The summed E-state index contributed by atoms with van der Waals surface area (Å²) in [5.41, 5.74) is 4.46. The van der Waals surface area contributed by atoms with Crippen LogP contribution in [-0.4, -0.2) is 29.3 Å². The molecule has 0 heterocycles. The summed E-state index contributed by atoms with van der Waals surface area (Å²) in [4.78, 5) is 29.0. The van der Waals surface area contributed by atoms with Gasteiger partial charge in [-0.3, -0.25) is 9.59 Å². The van der Waals surface area contributed by atoms with E-state index < -0.39 is 6.04 Å². The van der Waals surface area contributed by atoms with Gasteiger partial charge in [0.05, 0.1) is 0 Å². The van der Waals surface area contributed by atoms with Gasteiger partial charge in [-0.15, -0.1) is 0 Å². The van der Waals surface area contributed by atoms with Crippen LogP contribution in [0.4, 0.5) is 0 Å². The molecular formula is C32H39BrN2O2. The van der Waals surface area contributed by atoms with Crippen LogP contribution in [0.1, 0.15) is 68.2 Å². The van der Waals surface area contributed by atoms with Gasteiger partial charge >= 0.3 is 0 Å². The molecule has 0 fully saturated rings. The first-order valence-corrected chi connectivity index (χ1v) is 14.1. The Hall–Kier alpha value is -2.92. The molecule has 3 aromatic carbocycles. The van der Waals surface area contributed by atoms with E-state index in [9.17, 15) is 9.59 Å². The Bertz CT molecular complexity index is 1110. The van der Waals surface area contributed by atoms with Crippen molar-refractivity contribution in [3.8, 4) is 0 Å². The lowest BCUT2D eigenvalue weighted by atomic mass is 9.99. The molecule has 5 heteroatoms. The lowest BCUT2D eigenvalue weighted by molar-refractivity contribution is -0.141. The second-order valence-electron chi connectivity index (χ2n) is 9.89. The van der Waals surface area contributed by atoms with E-state index in [2.05, 4.69) is 66.3 Å². The molecule has 3 rings (SSSR count). The number of benzene rings is 3. The summed E-state index contributed by atoms with van der Waals surface area (Å²) in [6.07, 6.45) is 3.39. The first-order chi connectivity index (χ1) is 17.9. The summed E-state index contributed by atoms with van der Waals surface area (Å²) < 4.78 is 0.983. The van der Waals surface area contributed by atoms with Crippen LogP contribution < -0.4 is 5.32 Å². The zero-order chi connectivity index (χ0) is 26.6. The minimum Gasteiger partial charge on any atom is -0.354 e. The van der Waals surface area contributed by atoms with Gasteiger partial charge in [0, 0.05) is 30.4 Å². The average Bonchev–Trinajstić information content (AvgIpc) is 2.91. The third-order valence-corrected chi connectivity index (χ3v) is 7.17. The number of unbranched alkanes of at least 4 members (excludes halogenated alkanes) is 1. The quantitative estimate of drug-likeness (QED) is 0.226. The Morgan fingerprint density at radius 3 is 2.14 bits per heavy atom. The van der Waals surface area contributed by atoms with Crippen molar-refractivity contribution < 1.29 is 9.59 Å². The highest BCUT2D eigenvalue weighted by atomic mass is 79.9. The van der Waals surface area contributed by atoms with Crippen molar-refractivity contribution in [1.29, 1.82) is 0 Å². The SMILES string of the molecule is CCCCNC(=O)C(Cc1ccccc1)N(Cc1ccc(Br)cc1)C(=O)CCc1ccc(C(C)C)cc1. The number of nitrogens with zero attached hydrogens (tertiary/aromatic N) is 1. The van der Waals surface area contributed by atoms with Gasteiger partial charge in [0.15, 0.2) is 0 Å². The van der Waals surface area contributed by atoms with E-state index in [0.717, 1.165) is 34.0 Å². The number of carbonyl (C=O) groups excluding carboxylic acids is 2. The summed E-state index contributed by atoms with van der Waals surface area (Å²) in [7, 11) is 0. The van der Waals surface area contributed by atoms with Gasteiger partial charge in [0.25, 0.3) is 0 Å². The van der Waals surface area contributed by atoms with Gasteiger partial charge in [-0.25, -0.2) is 0 Å². The van der Waals surface area contributed by atoms with Crippen molar-refractivity contribution in [2.75, 3.05) is 6.54 Å². The average molecular weight is 564 g/mol. The van der Waals surface area contributed by atoms with Crippen LogP contribution in [0.5, 0.6) is 0 Å². The second-order valence-corrected chi connectivity index (χ2v) is 10.8. The molecule has 1 atom stereocenters. The first kappa shape index (κ1) is 28.6. The fourth-order valence-corrected chi connectivity index (χ4v) is 4.58. The smallest absolute Gasteiger partial charge is 0.243 e. The molecule has 0 aliphatic carbocycles. The minimum absolute atomic E-state index is 0.0116. The van der Waals surface area contributed by atoms with Crippen molar-refractivity contribution in [3.63, 3.8) is 0 Å². The molecule has 0 aliphatic rings. The predicted octanol–water partition coefficient (Wildman–Crippen LogP) is 7.06. The molecule has 0 bridgehead atoms. The standard InChI is InChI=1S/C32H39BrN2O2/c1-4-5-21-34-32(37)30(22-26-9-7-6-8-10-26)35(23-27-13-18-29(33)19-14-27)31(36)20-15-25-11-16-28(17-12-25)24(2)3/h6-14,16-19,24,30H,4-5,15,20-23H2,1-3H3,(H,34,37). The molecule has 0 saturated heterocycles. The Kier molecular flexibility index (Phi) is 11.4. The summed E-state index contributed by atoms with van der Waals surface area (Å²) in [5.74, 6) is 0.369. The molecule has 4 nitrogen and oxygen atoms in total. The van der Waals surface area contributed by atoms with E-state index in [-0.39, 0.29) is 11.8 Å². The highest BCUT2D eigenvalue weighted by Crippen LogP contribution is 2.20. The maximum atomic E-state index is 13.8. The van der Waals surface area contributed by atoms with E-state index in [0.29, 0.717) is 38.3 Å². The normalized spacial score (nSPS) is 11.8. The number of rotatable bonds is 13. The number of hydrogen-bond donors (Lipinski definition) is 1. The number of halogens is 1. The predicted molar refractivity (Wildman–Crippen MR) is 155 cm³/mol. The second kappa shape index (κ2) is 14.7. The monoisotopic (exact) mass is 562 g/mol. The molecule has 2 amide bonds. The topological polar surface area (TPSA) is 49.4 Å². The molecule has 0 radical (unpaired) electrons. The molecule has 0 aromatic heterocycles. The van der Waals surface area contributed by atoms with E-state index >= 15 is 0 Å². The van der Waals surface area contributed by atoms with E-state index in [4.69, 9.17) is 0 Å². The molecule has 37 heavy (non-hydrogen) atoms. The Morgan fingerprint density at radius 1 is 0.865 bits per heavy atom. The number of aryl methyl sites for hydroxylation is 1. The lowest BCUT2D eigenvalue weighted by Gasteiger charge is -2.32. The zero-order valence-corrected chi connectivity index (χ0v) is 23.8. The molecular weight excluding hydrogens is 524 g/mol. The largest absolute Gasteiger partial charge is 0.354 e. The van der Waals surface area contributed by atoms with Crippen LogP contribution in [-0.2, 0) is 29.0 Å². The lowest BCUT2D eigenvalue weighted by Crippen LogP contribution is -2.50. The highest BCUT2D eigenvalue weighted by Gasteiger charge is 2.30. The summed E-state index contributed by atoms with van der Waals surface area (Å²) >= 11 is 3.49. The van der Waals surface area contributed by atoms with Crippen molar-refractivity contribution in [2.45, 2.75) is 71.4 Å². The minimum atomic E-state index is -0.585. The van der Waals surface area contributed by atoms with Gasteiger partial charge in [0.1, 0.15) is 6.04 Å². The van der Waals surface area contributed by atoms with Gasteiger partial charge in [0.2, 0.25) is 11.8 Å². The van der Waals surface area contributed by atoms with E-state index in [1.54, 1.807) is 4.90 Å². The van der Waals surface area contributed by atoms with E-state index in [1.165, 1.54) is 5.56 Å². The maximum Gasteiger partial charge on any atom is 0.243 e. The van der Waals surface area contributed by atoms with Crippen LogP contribution in [0.15, 0.2) is 83.3 Å². The van der Waals surface area contributed by atoms with Crippen molar-refractivity contribution in [2.24, 2.45) is 0 Å². The van der Waals surface area contributed by atoms with Gasteiger partial charge < -0.3 is 10.2 Å². The van der Waals surface area contributed by atoms with Gasteiger partial charge in [-0.2, -0.15) is 0 Å². The zero-order valence-electron chi connectivity index (χ0n) is 22.3. The number of carbonyl (C=O) groups is 2. The number of amides is 2. The highest BCUT2D eigenvalue weighted by molar-refractivity contribution is 9.10. The van der Waals surface area contributed by atoms with Crippen LogP contribution in [0.2, 0.25) is 0 Å². The number of hydrogen-bond acceptors (Lipinski definition) is 2. The third-order valence-electron chi connectivity index (χ3n) is 6.64. The first-order valence-electron chi connectivity index (χ1n) is 13.3. The molecule has 0 saturated carbocycles. The van der Waals surface area contributed by atoms with Crippen molar-refractivity contribution in [3.05, 3.63) is 106 Å². The maximum absolute atomic E-state index is 13.8. The summed E-state index contributed by atoms with van der Waals surface area (Å²) in [5, 5.41) is 3.08. The van der Waals surface area contributed by atoms with Crippen LogP contribution >= 0.6 is 15.9 Å². The van der Waals surface area contributed by atoms with Gasteiger partial charge in [-0.1, -0.05) is 110 Å². The summed E-state index contributed by atoms with van der Waals surface area (Å²) in [6.45, 7) is 7.46. The van der Waals surface area contributed by atoms with Crippen molar-refractivity contribution >= 4 is 27.7 Å². The Labute approximate surface area is 230 Å². The summed E-state index contributed by atoms with van der Waals surface area (Å²) in [6, 6.07) is 25.8. The Morgan fingerprint density at radius 2 is 1.51 bits per heavy atom. The van der Waals surface area contributed by atoms with Gasteiger partial charge in [-0.05, 0) is 53.1 Å². The molecule has 1 N–H and O–H groups in total. The molecule has 1 unspecified atom stereocenters. The fourth-order valence-electron chi connectivity index (χ4n) is 4.31. The third kappa shape index (κ3) is 9.15.